The number of nitrogens with zero attached hydrogens (tertiary/aromatic N) is 3. The van der Waals surface area contributed by atoms with E-state index in [0.29, 0.717) is 17.7 Å². The lowest BCUT2D eigenvalue weighted by Crippen LogP contribution is -2.33. The van der Waals surface area contributed by atoms with Crippen molar-refractivity contribution in [3.63, 3.8) is 0 Å². The first-order chi connectivity index (χ1) is 13.2. The first-order valence-corrected chi connectivity index (χ1v) is 8.51. The van der Waals surface area contributed by atoms with Crippen LogP contribution in [-0.4, -0.2) is 27.0 Å². The molecular weight excluding hydrogens is 344 g/mol. The average Bonchev–Trinajstić information content (AvgIpc) is 3.20. The standard InChI is InChI=1S/C20H18N4O3/c1-27-15-8-6-14(7-9-15)12-22-18(25)13-24-19-16(4-2-10-21-19)23-11-3-5-17(23)20(24)26/h2-11H,12-13H2,1H3,(H,22,25). The quantitative estimate of drug-likeness (QED) is 0.589. The van der Waals surface area contributed by atoms with Crippen molar-refractivity contribution in [2.24, 2.45) is 0 Å². The normalized spacial score (nSPS) is 11.0. The summed E-state index contributed by atoms with van der Waals surface area (Å²) in [5, 5.41) is 2.84. The number of benzene rings is 1. The monoisotopic (exact) mass is 362 g/mol. The second kappa shape index (κ2) is 6.95. The zero-order valence-electron chi connectivity index (χ0n) is 14.8. The van der Waals surface area contributed by atoms with E-state index < -0.39 is 0 Å². The fraction of sp³-hybridized carbons (Fsp3) is 0.150. The van der Waals surface area contributed by atoms with E-state index in [9.17, 15) is 9.59 Å². The third-order valence-electron chi connectivity index (χ3n) is 4.44. The number of carbonyl (C=O) groups is 1. The first-order valence-electron chi connectivity index (χ1n) is 8.51. The van der Waals surface area contributed by atoms with Crippen LogP contribution in [0.15, 0.2) is 65.7 Å². The van der Waals surface area contributed by atoms with Crippen LogP contribution in [0.4, 0.5) is 0 Å². The number of hydrogen-bond donors (Lipinski definition) is 1. The number of amides is 1. The highest BCUT2D eigenvalue weighted by atomic mass is 16.5. The summed E-state index contributed by atoms with van der Waals surface area (Å²) in [6.45, 7) is 0.278. The van der Waals surface area contributed by atoms with E-state index >= 15 is 0 Å². The molecule has 136 valence electrons. The topological polar surface area (TPSA) is 77.6 Å². The van der Waals surface area contributed by atoms with Crippen molar-refractivity contribution in [2.75, 3.05) is 7.11 Å². The van der Waals surface area contributed by atoms with Gasteiger partial charge in [0, 0.05) is 18.9 Å². The minimum absolute atomic E-state index is 0.0931. The summed E-state index contributed by atoms with van der Waals surface area (Å²) >= 11 is 0. The van der Waals surface area contributed by atoms with Crippen LogP contribution in [0.25, 0.3) is 16.7 Å². The predicted molar refractivity (Wildman–Crippen MR) is 102 cm³/mol. The van der Waals surface area contributed by atoms with E-state index in [2.05, 4.69) is 10.3 Å². The van der Waals surface area contributed by atoms with Crippen LogP contribution in [-0.2, 0) is 17.9 Å². The number of nitrogens with one attached hydrogen (secondary N) is 1. The number of fused-ring (bicyclic) bond motifs is 3. The van der Waals surface area contributed by atoms with E-state index in [1.807, 2.05) is 36.5 Å². The summed E-state index contributed by atoms with van der Waals surface area (Å²) < 4.78 is 8.32. The van der Waals surface area contributed by atoms with Gasteiger partial charge in [-0.05, 0) is 42.0 Å². The number of methoxy groups -OCH3 is 1. The Bertz CT molecular complexity index is 1180. The molecule has 0 fully saturated rings. The van der Waals surface area contributed by atoms with E-state index in [1.54, 1.807) is 35.9 Å². The van der Waals surface area contributed by atoms with Crippen LogP contribution in [0, 0.1) is 0 Å². The molecule has 0 radical (unpaired) electrons. The molecule has 7 heteroatoms. The molecule has 27 heavy (non-hydrogen) atoms. The molecule has 0 saturated carbocycles. The first kappa shape index (κ1) is 16.8. The lowest BCUT2D eigenvalue weighted by molar-refractivity contribution is -0.121. The highest BCUT2D eigenvalue weighted by Gasteiger charge is 2.13. The molecule has 0 saturated heterocycles. The van der Waals surface area contributed by atoms with Crippen molar-refractivity contribution in [3.8, 4) is 5.75 Å². The van der Waals surface area contributed by atoms with Crippen LogP contribution in [0.2, 0.25) is 0 Å². The lowest BCUT2D eigenvalue weighted by atomic mass is 10.2. The summed E-state index contributed by atoms with van der Waals surface area (Å²) in [5.74, 6) is 0.505. The summed E-state index contributed by atoms with van der Waals surface area (Å²) in [7, 11) is 1.61. The number of ether oxygens (including phenoxy) is 1. The molecule has 4 aromatic rings. The summed E-state index contributed by atoms with van der Waals surface area (Å²) in [4.78, 5) is 29.6. The Hall–Kier alpha value is -3.61. The van der Waals surface area contributed by atoms with Gasteiger partial charge in [-0.15, -0.1) is 0 Å². The fourth-order valence-electron chi connectivity index (χ4n) is 3.07. The number of pyridine rings is 1. The third kappa shape index (κ3) is 3.15. The third-order valence-corrected chi connectivity index (χ3v) is 4.44. The van der Waals surface area contributed by atoms with Crippen molar-refractivity contribution in [1.82, 2.24) is 19.3 Å². The molecule has 7 nitrogen and oxygen atoms in total. The van der Waals surface area contributed by atoms with Crippen molar-refractivity contribution in [2.45, 2.75) is 13.1 Å². The SMILES string of the molecule is COc1ccc(CNC(=O)Cn2c(=O)c3cccn3c3cccnc32)cc1. The van der Waals surface area contributed by atoms with Crippen LogP contribution in [0.3, 0.4) is 0 Å². The van der Waals surface area contributed by atoms with Gasteiger partial charge in [0.05, 0.1) is 12.6 Å². The van der Waals surface area contributed by atoms with Crippen molar-refractivity contribution in [1.29, 1.82) is 0 Å². The fourth-order valence-corrected chi connectivity index (χ4v) is 3.07. The van der Waals surface area contributed by atoms with Gasteiger partial charge in [0.2, 0.25) is 5.91 Å². The summed E-state index contributed by atoms with van der Waals surface area (Å²) in [5.41, 5.74) is 2.47. The number of rotatable bonds is 5. The van der Waals surface area contributed by atoms with E-state index in [4.69, 9.17) is 4.74 Å². The van der Waals surface area contributed by atoms with Gasteiger partial charge in [0.15, 0.2) is 5.65 Å². The van der Waals surface area contributed by atoms with Crippen molar-refractivity contribution in [3.05, 3.63) is 76.8 Å². The summed E-state index contributed by atoms with van der Waals surface area (Å²) in [6, 6.07) is 14.7. The molecule has 1 N–H and O–H groups in total. The van der Waals surface area contributed by atoms with Gasteiger partial charge in [0.1, 0.15) is 17.8 Å². The maximum absolute atomic E-state index is 12.8. The molecule has 1 amide bonds. The molecule has 0 aliphatic rings. The zero-order chi connectivity index (χ0) is 18.8. The molecule has 4 rings (SSSR count). The molecule has 0 aliphatic heterocycles. The molecule has 0 unspecified atom stereocenters. The molecule has 0 bridgehead atoms. The Labute approximate surface area is 154 Å². The van der Waals surface area contributed by atoms with E-state index in [0.717, 1.165) is 16.8 Å². The lowest BCUT2D eigenvalue weighted by Gasteiger charge is -2.12. The average molecular weight is 362 g/mol. The van der Waals surface area contributed by atoms with Crippen LogP contribution < -0.4 is 15.6 Å². The van der Waals surface area contributed by atoms with E-state index in [1.165, 1.54) is 4.57 Å². The second-order valence-electron chi connectivity index (χ2n) is 6.13. The molecule has 0 spiro atoms. The Morgan fingerprint density at radius 3 is 2.67 bits per heavy atom. The molecule has 0 atom stereocenters. The Morgan fingerprint density at radius 2 is 1.89 bits per heavy atom. The maximum Gasteiger partial charge on any atom is 0.276 e. The highest BCUT2D eigenvalue weighted by molar-refractivity contribution is 5.80. The molecule has 1 aromatic carbocycles. The van der Waals surface area contributed by atoms with Crippen molar-refractivity contribution < 1.29 is 9.53 Å². The number of aromatic nitrogens is 3. The number of hydrogen-bond acceptors (Lipinski definition) is 4. The second-order valence-corrected chi connectivity index (χ2v) is 6.13. The van der Waals surface area contributed by atoms with Crippen LogP contribution in [0.1, 0.15) is 5.56 Å². The largest absolute Gasteiger partial charge is 0.497 e. The van der Waals surface area contributed by atoms with Gasteiger partial charge in [0.25, 0.3) is 5.56 Å². The van der Waals surface area contributed by atoms with Gasteiger partial charge in [-0.3, -0.25) is 14.2 Å². The van der Waals surface area contributed by atoms with Crippen molar-refractivity contribution >= 4 is 22.6 Å². The minimum Gasteiger partial charge on any atom is -0.497 e. The number of carbonyl (C=O) groups excluding carboxylic acids is 1. The molecule has 3 heterocycles. The Morgan fingerprint density at radius 1 is 1.11 bits per heavy atom. The smallest absolute Gasteiger partial charge is 0.276 e. The molecule has 0 aliphatic carbocycles. The predicted octanol–water partition coefficient (Wildman–Crippen LogP) is 1.97. The van der Waals surface area contributed by atoms with Gasteiger partial charge in [-0.25, -0.2) is 4.98 Å². The van der Waals surface area contributed by atoms with E-state index in [-0.39, 0.29) is 18.0 Å². The van der Waals surface area contributed by atoms with Gasteiger partial charge < -0.3 is 14.5 Å². The Kier molecular flexibility index (Phi) is 4.33. The molecule has 3 aromatic heterocycles. The van der Waals surface area contributed by atoms with Gasteiger partial charge in [-0.2, -0.15) is 0 Å². The summed E-state index contributed by atoms with van der Waals surface area (Å²) in [6.07, 6.45) is 3.43. The van der Waals surface area contributed by atoms with Gasteiger partial charge in [-0.1, -0.05) is 12.1 Å². The van der Waals surface area contributed by atoms with Gasteiger partial charge >= 0.3 is 0 Å². The highest BCUT2D eigenvalue weighted by Crippen LogP contribution is 2.13. The Balaban J connectivity index is 1.59. The minimum atomic E-state index is -0.254. The zero-order valence-corrected chi connectivity index (χ0v) is 14.8. The maximum atomic E-state index is 12.8. The van der Waals surface area contributed by atoms with Crippen LogP contribution in [0.5, 0.6) is 5.75 Å². The molecular formula is C20H18N4O3. The van der Waals surface area contributed by atoms with Crippen LogP contribution >= 0.6 is 0 Å².